The second-order valence-corrected chi connectivity index (χ2v) is 4.84. The summed E-state index contributed by atoms with van der Waals surface area (Å²) < 4.78 is 5.86. The van der Waals surface area contributed by atoms with Crippen LogP contribution in [0.25, 0.3) is 0 Å². The molecule has 0 fully saturated rings. The molecule has 0 saturated heterocycles. The minimum Gasteiger partial charge on any atom is -0.487 e. The van der Waals surface area contributed by atoms with E-state index in [-0.39, 0.29) is 12.0 Å². The molecule has 0 radical (unpaired) electrons. The summed E-state index contributed by atoms with van der Waals surface area (Å²) in [6.45, 7) is 4.10. The molecule has 0 aromatic heterocycles. The number of hydrogen-bond donors (Lipinski definition) is 1. The number of aryl methyl sites for hydroxylation is 1. The van der Waals surface area contributed by atoms with Crippen molar-refractivity contribution in [3.63, 3.8) is 0 Å². The Morgan fingerprint density at radius 2 is 2.25 bits per heavy atom. The highest BCUT2D eigenvalue weighted by molar-refractivity contribution is 5.67. The standard InChI is InChI=1S/C13H16O3/c1-13(2)8-10-5-3-4-9(12(10)16-13)6-7-11(14)15/h3-5H,6-8H2,1-2H3,(H,14,15). The van der Waals surface area contributed by atoms with Crippen LogP contribution in [0.5, 0.6) is 5.75 Å². The normalized spacial score (nSPS) is 16.6. The molecule has 1 heterocycles. The Labute approximate surface area is 95.0 Å². The number of ether oxygens (including phenoxy) is 1. The van der Waals surface area contributed by atoms with Gasteiger partial charge < -0.3 is 9.84 Å². The lowest BCUT2D eigenvalue weighted by Gasteiger charge is -2.18. The topological polar surface area (TPSA) is 46.5 Å². The van der Waals surface area contributed by atoms with Gasteiger partial charge >= 0.3 is 5.97 Å². The van der Waals surface area contributed by atoms with Gasteiger partial charge in [-0.05, 0) is 31.4 Å². The molecule has 0 amide bonds. The Hall–Kier alpha value is -1.51. The van der Waals surface area contributed by atoms with Gasteiger partial charge in [0.2, 0.25) is 0 Å². The van der Waals surface area contributed by atoms with E-state index in [1.165, 1.54) is 5.56 Å². The van der Waals surface area contributed by atoms with Gasteiger partial charge in [0.1, 0.15) is 11.4 Å². The molecule has 1 aromatic rings. The molecule has 1 aliphatic heterocycles. The van der Waals surface area contributed by atoms with E-state index < -0.39 is 5.97 Å². The fourth-order valence-corrected chi connectivity index (χ4v) is 2.12. The molecule has 16 heavy (non-hydrogen) atoms. The fraction of sp³-hybridized carbons (Fsp3) is 0.462. The minimum atomic E-state index is -0.769. The quantitative estimate of drug-likeness (QED) is 0.850. The first-order valence-electron chi connectivity index (χ1n) is 5.49. The zero-order valence-corrected chi connectivity index (χ0v) is 9.62. The summed E-state index contributed by atoms with van der Waals surface area (Å²) in [4.78, 5) is 10.6. The third-order valence-electron chi connectivity index (χ3n) is 2.78. The van der Waals surface area contributed by atoms with Gasteiger partial charge in [0, 0.05) is 12.8 Å². The second kappa shape index (κ2) is 3.81. The van der Waals surface area contributed by atoms with Crippen LogP contribution in [0.1, 0.15) is 31.4 Å². The van der Waals surface area contributed by atoms with Crippen LogP contribution in [-0.2, 0) is 17.6 Å². The van der Waals surface area contributed by atoms with Crippen molar-refractivity contribution in [2.75, 3.05) is 0 Å². The van der Waals surface area contributed by atoms with Crippen LogP contribution < -0.4 is 4.74 Å². The maximum atomic E-state index is 10.6. The van der Waals surface area contributed by atoms with Crippen LogP contribution in [0.2, 0.25) is 0 Å². The van der Waals surface area contributed by atoms with Crippen molar-refractivity contribution in [2.24, 2.45) is 0 Å². The van der Waals surface area contributed by atoms with E-state index in [4.69, 9.17) is 9.84 Å². The molecule has 1 N–H and O–H groups in total. The van der Waals surface area contributed by atoms with Crippen molar-refractivity contribution < 1.29 is 14.6 Å². The predicted molar refractivity (Wildman–Crippen MR) is 60.8 cm³/mol. The summed E-state index contributed by atoms with van der Waals surface area (Å²) in [5.74, 6) is 0.128. The van der Waals surface area contributed by atoms with Crippen LogP contribution in [0.4, 0.5) is 0 Å². The molecule has 2 rings (SSSR count). The monoisotopic (exact) mass is 220 g/mol. The van der Waals surface area contributed by atoms with E-state index in [0.717, 1.165) is 17.7 Å². The highest BCUT2D eigenvalue weighted by Gasteiger charge is 2.31. The zero-order valence-electron chi connectivity index (χ0n) is 9.62. The van der Waals surface area contributed by atoms with E-state index in [1.54, 1.807) is 0 Å². The molecule has 0 bridgehead atoms. The van der Waals surface area contributed by atoms with Gasteiger partial charge in [-0.15, -0.1) is 0 Å². The molecule has 0 atom stereocenters. The number of benzene rings is 1. The summed E-state index contributed by atoms with van der Waals surface area (Å²) in [5, 5.41) is 8.69. The molecule has 1 aromatic carbocycles. The molecule has 0 saturated carbocycles. The van der Waals surface area contributed by atoms with Gasteiger partial charge in [-0.1, -0.05) is 18.2 Å². The van der Waals surface area contributed by atoms with E-state index in [0.29, 0.717) is 6.42 Å². The molecule has 3 heteroatoms. The fourth-order valence-electron chi connectivity index (χ4n) is 2.12. The number of rotatable bonds is 3. The number of carbonyl (C=O) groups is 1. The maximum absolute atomic E-state index is 10.6. The van der Waals surface area contributed by atoms with Gasteiger partial charge in [-0.2, -0.15) is 0 Å². The summed E-state index contributed by atoms with van der Waals surface area (Å²) in [7, 11) is 0. The Bertz CT molecular complexity index is 421. The van der Waals surface area contributed by atoms with Gasteiger partial charge in [0.05, 0.1) is 0 Å². The minimum absolute atomic E-state index is 0.153. The third-order valence-corrected chi connectivity index (χ3v) is 2.78. The number of carboxylic acids is 1. The Morgan fingerprint density at radius 1 is 1.50 bits per heavy atom. The van der Waals surface area contributed by atoms with Crippen molar-refractivity contribution in [1.29, 1.82) is 0 Å². The van der Waals surface area contributed by atoms with E-state index in [9.17, 15) is 4.79 Å². The first-order valence-corrected chi connectivity index (χ1v) is 5.49. The van der Waals surface area contributed by atoms with Crippen molar-refractivity contribution in [3.05, 3.63) is 29.3 Å². The average molecular weight is 220 g/mol. The first kappa shape index (κ1) is 11.0. The number of fused-ring (bicyclic) bond motifs is 1. The lowest BCUT2D eigenvalue weighted by Crippen LogP contribution is -2.24. The Morgan fingerprint density at radius 3 is 2.94 bits per heavy atom. The highest BCUT2D eigenvalue weighted by Crippen LogP contribution is 2.37. The summed E-state index contributed by atoms with van der Waals surface area (Å²) >= 11 is 0. The van der Waals surface area contributed by atoms with E-state index in [2.05, 4.69) is 0 Å². The van der Waals surface area contributed by atoms with Crippen molar-refractivity contribution >= 4 is 5.97 Å². The van der Waals surface area contributed by atoms with Crippen LogP contribution in [0.15, 0.2) is 18.2 Å². The molecule has 3 nitrogen and oxygen atoms in total. The van der Waals surface area contributed by atoms with Gasteiger partial charge in [-0.3, -0.25) is 4.79 Å². The van der Waals surface area contributed by atoms with Crippen LogP contribution in [0, 0.1) is 0 Å². The number of para-hydroxylation sites is 1. The number of aliphatic carboxylic acids is 1. The average Bonchev–Trinajstić information content (AvgIpc) is 2.48. The predicted octanol–water partition coefficient (Wildman–Crippen LogP) is 2.42. The van der Waals surface area contributed by atoms with Crippen LogP contribution in [-0.4, -0.2) is 16.7 Å². The van der Waals surface area contributed by atoms with Crippen molar-refractivity contribution in [2.45, 2.75) is 38.7 Å². The molecule has 1 aliphatic rings. The molecular formula is C13H16O3. The SMILES string of the molecule is CC1(C)Cc2cccc(CCC(=O)O)c2O1. The number of hydrogen-bond acceptors (Lipinski definition) is 2. The van der Waals surface area contributed by atoms with Gasteiger partial charge in [-0.25, -0.2) is 0 Å². The first-order chi connectivity index (χ1) is 7.48. The van der Waals surface area contributed by atoms with E-state index in [1.807, 2.05) is 32.0 Å². The molecule has 86 valence electrons. The lowest BCUT2D eigenvalue weighted by atomic mass is 9.99. The van der Waals surface area contributed by atoms with E-state index >= 15 is 0 Å². The smallest absolute Gasteiger partial charge is 0.303 e. The maximum Gasteiger partial charge on any atom is 0.303 e. The molecule has 0 spiro atoms. The summed E-state index contributed by atoms with van der Waals surface area (Å²) in [6.07, 6.45) is 1.58. The number of carboxylic acid groups (broad SMARTS) is 1. The summed E-state index contributed by atoms with van der Waals surface area (Å²) in [5.41, 5.74) is 2.03. The Kier molecular flexibility index (Phi) is 2.62. The zero-order chi connectivity index (χ0) is 11.8. The third kappa shape index (κ3) is 2.18. The van der Waals surface area contributed by atoms with Crippen LogP contribution in [0.3, 0.4) is 0 Å². The Balaban J connectivity index is 2.23. The van der Waals surface area contributed by atoms with Crippen molar-refractivity contribution in [1.82, 2.24) is 0 Å². The van der Waals surface area contributed by atoms with Crippen LogP contribution >= 0.6 is 0 Å². The molecular weight excluding hydrogens is 204 g/mol. The van der Waals surface area contributed by atoms with Crippen molar-refractivity contribution in [3.8, 4) is 5.75 Å². The highest BCUT2D eigenvalue weighted by atomic mass is 16.5. The largest absolute Gasteiger partial charge is 0.487 e. The lowest BCUT2D eigenvalue weighted by molar-refractivity contribution is -0.136. The molecule has 0 aliphatic carbocycles. The molecule has 0 unspecified atom stereocenters. The summed E-state index contributed by atoms with van der Waals surface area (Å²) in [6, 6.07) is 5.97. The van der Waals surface area contributed by atoms with Gasteiger partial charge in [0.25, 0.3) is 0 Å². The second-order valence-electron chi connectivity index (χ2n) is 4.84. The van der Waals surface area contributed by atoms with Gasteiger partial charge in [0.15, 0.2) is 0 Å².